The first-order valence-corrected chi connectivity index (χ1v) is 5.49. The summed E-state index contributed by atoms with van der Waals surface area (Å²) in [7, 11) is 1.37. The number of hydrogen-bond donors (Lipinski definition) is 0. The number of benzene rings is 1. The Balaban J connectivity index is 2.28. The van der Waals surface area contributed by atoms with Gasteiger partial charge in [0.05, 0.1) is 32.2 Å². The largest absolute Gasteiger partial charge is 0.469 e. The molecule has 1 aromatic rings. The van der Waals surface area contributed by atoms with Gasteiger partial charge in [-0.3, -0.25) is 4.79 Å². The third kappa shape index (κ3) is 2.17. The van der Waals surface area contributed by atoms with E-state index in [1.54, 1.807) is 19.1 Å². The van der Waals surface area contributed by atoms with Crippen LogP contribution in [0.15, 0.2) is 18.2 Å². The minimum absolute atomic E-state index is 0.234. The van der Waals surface area contributed by atoms with Crippen molar-refractivity contribution >= 4 is 5.97 Å². The van der Waals surface area contributed by atoms with Gasteiger partial charge in [0, 0.05) is 0 Å². The fourth-order valence-electron chi connectivity index (χ4n) is 2.04. The molecule has 0 amide bonds. The zero-order valence-electron chi connectivity index (χ0n) is 9.96. The number of aryl methyl sites for hydroxylation is 1. The van der Waals surface area contributed by atoms with Crippen LogP contribution in [-0.2, 0) is 19.7 Å². The molecular formula is C13H15FO3. The highest BCUT2D eigenvalue weighted by atomic mass is 19.1. The third-order valence-electron chi connectivity index (χ3n) is 3.24. The number of esters is 1. The number of methoxy groups -OCH3 is 1. The van der Waals surface area contributed by atoms with Gasteiger partial charge < -0.3 is 9.47 Å². The first kappa shape index (κ1) is 12.0. The lowest BCUT2D eigenvalue weighted by Gasteiger charge is -2.41. The summed E-state index contributed by atoms with van der Waals surface area (Å²) in [5, 5.41) is 0. The van der Waals surface area contributed by atoms with E-state index in [4.69, 9.17) is 4.74 Å². The van der Waals surface area contributed by atoms with Gasteiger partial charge in [0.2, 0.25) is 0 Å². The van der Waals surface area contributed by atoms with Crippen molar-refractivity contribution in [3.63, 3.8) is 0 Å². The first-order chi connectivity index (χ1) is 8.07. The molecule has 1 aromatic carbocycles. The molecule has 0 bridgehead atoms. The zero-order valence-corrected chi connectivity index (χ0v) is 9.96. The van der Waals surface area contributed by atoms with Crippen LogP contribution in [0.1, 0.15) is 17.5 Å². The summed E-state index contributed by atoms with van der Waals surface area (Å²) in [6.07, 6.45) is 0.272. The van der Waals surface area contributed by atoms with Gasteiger partial charge in [-0.15, -0.1) is 0 Å². The lowest BCUT2D eigenvalue weighted by Crippen LogP contribution is -2.48. The minimum Gasteiger partial charge on any atom is -0.469 e. The van der Waals surface area contributed by atoms with E-state index in [2.05, 4.69) is 4.74 Å². The van der Waals surface area contributed by atoms with E-state index in [9.17, 15) is 9.18 Å². The molecule has 1 aliphatic rings. The Morgan fingerprint density at radius 1 is 1.53 bits per heavy atom. The van der Waals surface area contributed by atoms with E-state index in [1.807, 2.05) is 0 Å². The topological polar surface area (TPSA) is 35.5 Å². The molecule has 1 heterocycles. The van der Waals surface area contributed by atoms with Crippen molar-refractivity contribution in [2.75, 3.05) is 20.3 Å². The van der Waals surface area contributed by atoms with Crippen LogP contribution in [0.25, 0.3) is 0 Å². The van der Waals surface area contributed by atoms with Gasteiger partial charge in [-0.25, -0.2) is 4.39 Å². The molecule has 0 radical (unpaired) electrons. The quantitative estimate of drug-likeness (QED) is 0.755. The second-order valence-corrected chi connectivity index (χ2v) is 4.49. The molecule has 0 atom stereocenters. The van der Waals surface area contributed by atoms with Gasteiger partial charge in [0.15, 0.2) is 0 Å². The summed E-state index contributed by atoms with van der Waals surface area (Å²) in [6.45, 7) is 2.67. The van der Waals surface area contributed by atoms with Gasteiger partial charge in [0.25, 0.3) is 0 Å². The van der Waals surface area contributed by atoms with Gasteiger partial charge in [-0.1, -0.05) is 12.1 Å². The number of ether oxygens (including phenoxy) is 2. The second-order valence-electron chi connectivity index (χ2n) is 4.49. The molecule has 4 heteroatoms. The smallest absolute Gasteiger partial charge is 0.306 e. The number of hydrogen-bond acceptors (Lipinski definition) is 3. The molecule has 1 saturated heterocycles. The molecule has 1 aliphatic heterocycles. The van der Waals surface area contributed by atoms with Crippen molar-refractivity contribution in [3.8, 4) is 0 Å². The van der Waals surface area contributed by atoms with E-state index in [-0.39, 0.29) is 23.6 Å². The van der Waals surface area contributed by atoms with Gasteiger partial charge in [0.1, 0.15) is 5.82 Å². The van der Waals surface area contributed by atoms with E-state index < -0.39 is 0 Å². The fraction of sp³-hybridized carbons (Fsp3) is 0.462. The highest BCUT2D eigenvalue weighted by molar-refractivity contribution is 5.71. The Kier molecular flexibility index (Phi) is 3.15. The molecule has 3 nitrogen and oxygen atoms in total. The minimum atomic E-state index is -0.342. The van der Waals surface area contributed by atoms with Crippen molar-refractivity contribution in [2.24, 2.45) is 0 Å². The van der Waals surface area contributed by atoms with Gasteiger partial charge in [-0.2, -0.15) is 0 Å². The molecule has 92 valence electrons. The summed E-state index contributed by atoms with van der Waals surface area (Å²) in [4.78, 5) is 11.4. The fourth-order valence-corrected chi connectivity index (χ4v) is 2.04. The SMILES string of the molecule is COC(=O)CC1(c2ccc(F)c(C)c2)COC1. The zero-order chi connectivity index (χ0) is 12.5. The Hall–Kier alpha value is -1.42. The lowest BCUT2D eigenvalue weighted by molar-refractivity contribution is -0.148. The van der Waals surface area contributed by atoms with E-state index in [0.717, 1.165) is 5.56 Å². The normalized spacial score (nSPS) is 17.4. The molecular weight excluding hydrogens is 223 g/mol. The Bertz CT molecular complexity index is 438. The van der Waals surface area contributed by atoms with Crippen LogP contribution in [0.3, 0.4) is 0 Å². The summed E-state index contributed by atoms with van der Waals surface area (Å²) in [5.41, 5.74) is 1.18. The van der Waals surface area contributed by atoms with E-state index in [1.165, 1.54) is 13.2 Å². The second kappa shape index (κ2) is 4.45. The molecule has 0 unspecified atom stereocenters. The summed E-state index contributed by atoms with van der Waals surface area (Å²) >= 11 is 0. The average molecular weight is 238 g/mol. The maximum absolute atomic E-state index is 13.2. The maximum Gasteiger partial charge on any atom is 0.306 e. The monoisotopic (exact) mass is 238 g/mol. The first-order valence-electron chi connectivity index (χ1n) is 5.49. The van der Waals surface area contributed by atoms with Crippen LogP contribution in [0.4, 0.5) is 4.39 Å². The Morgan fingerprint density at radius 3 is 2.71 bits per heavy atom. The molecule has 0 spiro atoms. The van der Waals surface area contributed by atoms with Gasteiger partial charge in [-0.05, 0) is 24.1 Å². The summed E-state index contributed by atoms with van der Waals surface area (Å²) in [5.74, 6) is -0.502. The summed E-state index contributed by atoms with van der Waals surface area (Å²) in [6, 6.07) is 4.93. The number of rotatable bonds is 3. The molecule has 0 aliphatic carbocycles. The average Bonchev–Trinajstić information content (AvgIpc) is 2.27. The Labute approximate surface area is 99.5 Å². The van der Waals surface area contributed by atoms with Crippen LogP contribution >= 0.6 is 0 Å². The molecule has 2 rings (SSSR count). The van der Waals surface area contributed by atoms with Crippen molar-refractivity contribution in [1.29, 1.82) is 0 Å². The Morgan fingerprint density at radius 2 is 2.24 bits per heavy atom. The highest BCUT2D eigenvalue weighted by Crippen LogP contribution is 2.36. The highest BCUT2D eigenvalue weighted by Gasteiger charge is 2.42. The van der Waals surface area contributed by atoms with Crippen molar-refractivity contribution in [3.05, 3.63) is 35.1 Å². The predicted octanol–water partition coefficient (Wildman–Crippen LogP) is 1.97. The van der Waals surface area contributed by atoms with Gasteiger partial charge >= 0.3 is 5.97 Å². The van der Waals surface area contributed by atoms with Crippen molar-refractivity contribution in [1.82, 2.24) is 0 Å². The molecule has 0 aromatic heterocycles. The van der Waals surface area contributed by atoms with Crippen LogP contribution in [0, 0.1) is 12.7 Å². The molecule has 0 saturated carbocycles. The van der Waals surface area contributed by atoms with Crippen molar-refractivity contribution in [2.45, 2.75) is 18.8 Å². The third-order valence-corrected chi connectivity index (χ3v) is 3.24. The predicted molar refractivity (Wildman–Crippen MR) is 60.3 cm³/mol. The molecule has 17 heavy (non-hydrogen) atoms. The maximum atomic E-state index is 13.2. The van der Waals surface area contributed by atoms with E-state index >= 15 is 0 Å². The molecule has 1 fully saturated rings. The van der Waals surface area contributed by atoms with Crippen LogP contribution in [0.2, 0.25) is 0 Å². The molecule has 0 N–H and O–H groups in total. The van der Waals surface area contributed by atoms with E-state index in [0.29, 0.717) is 18.8 Å². The summed E-state index contributed by atoms with van der Waals surface area (Å²) < 4.78 is 23.1. The number of halogens is 1. The van der Waals surface area contributed by atoms with Crippen LogP contribution < -0.4 is 0 Å². The van der Waals surface area contributed by atoms with Crippen LogP contribution in [-0.4, -0.2) is 26.3 Å². The number of carbonyl (C=O) groups excluding carboxylic acids is 1. The number of carbonyl (C=O) groups is 1. The van der Waals surface area contributed by atoms with Crippen molar-refractivity contribution < 1.29 is 18.7 Å². The lowest BCUT2D eigenvalue weighted by atomic mass is 9.75. The van der Waals surface area contributed by atoms with Crippen LogP contribution in [0.5, 0.6) is 0 Å². The standard InChI is InChI=1S/C13H15FO3/c1-9-5-10(3-4-11(9)14)13(7-17-8-13)6-12(15)16-2/h3-5H,6-8H2,1-2H3.